The summed E-state index contributed by atoms with van der Waals surface area (Å²) in [4.78, 5) is 2.63. The van der Waals surface area contributed by atoms with Crippen LogP contribution in [0.3, 0.4) is 0 Å². The second-order valence-corrected chi connectivity index (χ2v) is 5.78. The summed E-state index contributed by atoms with van der Waals surface area (Å²) in [6.07, 6.45) is 3.84. The van der Waals surface area contributed by atoms with Gasteiger partial charge in [0, 0.05) is 18.6 Å². The molecule has 1 nitrogen and oxygen atoms in total. The van der Waals surface area contributed by atoms with Gasteiger partial charge in [-0.3, -0.25) is 4.90 Å². The predicted molar refractivity (Wildman–Crippen MR) is 72.9 cm³/mol. The first-order chi connectivity index (χ1) is 8.15. The molecular weight excluding hydrogens is 206 g/mol. The number of likely N-dealkylation sites (tertiary alicyclic amines) is 1. The molecule has 1 fully saturated rings. The van der Waals surface area contributed by atoms with Gasteiger partial charge in [0.1, 0.15) is 0 Å². The van der Waals surface area contributed by atoms with E-state index in [0.29, 0.717) is 12.1 Å². The second-order valence-electron chi connectivity index (χ2n) is 5.78. The Hall–Kier alpha value is -1.08. The molecule has 1 heterocycles. The fourth-order valence-corrected chi connectivity index (χ4v) is 3.37. The minimum Gasteiger partial charge on any atom is -0.294 e. The predicted octanol–water partition coefficient (Wildman–Crippen LogP) is 3.49. The van der Waals surface area contributed by atoms with Gasteiger partial charge < -0.3 is 0 Å². The summed E-state index contributed by atoms with van der Waals surface area (Å²) in [7, 11) is 0. The molecule has 1 heteroatoms. The molecule has 0 spiro atoms. The molecule has 0 aromatic heterocycles. The molecule has 1 aromatic rings. The Morgan fingerprint density at radius 3 is 2.71 bits per heavy atom. The van der Waals surface area contributed by atoms with Crippen molar-refractivity contribution in [2.45, 2.75) is 39.3 Å². The molecule has 2 aliphatic rings. The fourth-order valence-electron chi connectivity index (χ4n) is 3.37. The first-order valence-corrected chi connectivity index (χ1v) is 6.69. The van der Waals surface area contributed by atoms with Gasteiger partial charge in [0.15, 0.2) is 0 Å². The minimum atomic E-state index is 0.681. The molecule has 0 radical (unpaired) electrons. The van der Waals surface area contributed by atoms with Gasteiger partial charge in [-0.2, -0.15) is 0 Å². The van der Waals surface area contributed by atoms with E-state index in [1.165, 1.54) is 24.1 Å². The van der Waals surface area contributed by atoms with Crippen LogP contribution < -0.4 is 0 Å². The second kappa shape index (κ2) is 3.99. The first-order valence-electron chi connectivity index (χ1n) is 6.69. The van der Waals surface area contributed by atoms with Gasteiger partial charge in [0.25, 0.3) is 0 Å². The van der Waals surface area contributed by atoms with Crippen LogP contribution in [0.1, 0.15) is 31.4 Å². The van der Waals surface area contributed by atoms with Crippen molar-refractivity contribution in [3.63, 3.8) is 0 Å². The van der Waals surface area contributed by atoms with Gasteiger partial charge in [-0.15, -0.1) is 0 Å². The Morgan fingerprint density at radius 2 is 2.12 bits per heavy atom. The fraction of sp³-hybridized carbons (Fsp3) is 0.500. The molecule has 0 saturated carbocycles. The third kappa shape index (κ3) is 1.83. The van der Waals surface area contributed by atoms with E-state index in [0.717, 1.165) is 5.92 Å². The van der Waals surface area contributed by atoms with E-state index in [1.54, 1.807) is 5.57 Å². The molecule has 3 rings (SSSR count). The average molecular weight is 227 g/mol. The van der Waals surface area contributed by atoms with E-state index in [9.17, 15) is 0 Å². The smallest absolute Gasteiger partial charge is 0.0293 e. The number of aryl methyl sites for hydroxylation is 1. The van der Waals surface area contributed by atoms with Gasteiger partial charge in [-0.25, -0.2) is 0 Å². The van der Waals surface area contributed by atoms with Gasteiger partial charge in [-0.05, 0) is 44.2 Å². The number of fused-ring (bicyclic) bond motifs is 2. The SMILES string of the molecule is Cc1cccc(C2=CC3CC2CN3C(C)C)c1. The quantitative estimate of drug-likeness (QED) is 0.747. The lowest BCUT2D eigenvalue weighted by Crippen LogP contribution is -2.36. The zero-order chi connectivity index (χ0) is 12.0. The lowest BCUT2D eigenvalue weighted by atomic mass is 9.94. The van der Waals surface area contributed by atoms with Crippen LogP contribution in [0.25, 0.3) is 5.57 Å². The topological polar surface area (TPSA) is 3.24 Å². The molecule has 1 aliphatic heterocycles. The highest BCUT2D eigenvalue weighted by atomic mass is 15.2. The molecule has 2 atom stereocenters. The number of hydrogen-bond acceptors (Lipinski definition) is 1. The van der Waals surface area contributed by atoms with Crippen molar-refractivity contribution in [3.8, 4) is 0 Å². The molecular formula is C16H21N. The van der Waals surface area contributed by atoms with Crippen LogP contribution in [0, 0.1) is 12.8 Å². The molecule has 1 aliphatic carbocycles. The van der Waals surface area contributed by atoms with E-state index in [2.05, 4.69) is 56.0 Å². The maximum Gasteiger partial charge on any atom is 0.0293 e. The standard InChI is InChI=1S/C16H21N/c1-11(2)17-10-14-8-15(17)9-16(14)13-6-4-5-12(3)7-13/h4-7,9,11,14-15H,8,10H2,1-3H3. The maximum absolute atomic E-state index is 2.63. The summed E-state index contributed by atoms with van der Waals surface area (Å²) in [5.74, 6) is 0.768. The van der Waals surface area contributed by atoms with Crippen molar-refractivity contribution in [3.05, 3.63) is 41.5 Å². The monoisotopic (exact) mass is 227 g/mol. The van der Waals surface area contributed by atoms with Crippen molar-refractivity contribution in [1.82, 2.24) is 4.90 Å². The van der Waals surface area contributed by atoms with Gasteiger partial charge in [-0.1, -0.05) is 35.9 Å². The number of rotatable bonds is 2. The van der Waals surface area contributed by atoms with E-state index in [-0.39, 0.29) is 0 Å². The van der Waals surface area contributed by atoms with Crippen molar-refractivity contribution >= 4 is 5.57 Å². The molecule has 2 bridgehead atoms. The van der Waals surface area contributed by atoms with Crippen molar-refractivity contribution < 1.29 is 0 Å². The molecule has 1 saturated heterocycles. The number of nitrogens with zero attached hydrogens (tertiary/aromatic N) is 1. The zero-order valence-corrected chi connectivity index (χ0v) is 11.0. The van der Waals surface area contributed by atoms with Gasteiger partial charge in [0.05, 0.1) is 0 Å². The third-order valence-corrected chi connectivity index (χ3v) is 4.21. The Morgan fingerprint density at radius 1 is 1.29 bits per heavy atom. The van der Waals surface area contributed by atoms with Crippen LogP contribution in [0.2, 0.25) is 0 Å². The van der Waals surface area contributed by atoms with Gasteiger partial charge in [0.2, 0.25) is 0 Å². The highest BCUT2D eigenvalue weighted by molar-refractivity contribution is 5.72. The lowest BCUT2D eigenvalue weighted by molar-refractivity contribution is 0.227. The highest BCUT2D eigenvalue weighted by Crippen LogP contribution is 2.43. The third-order valence-electron chi connectivity index (χ3n) is 4.21. The molecule has 0 N–H and O–H groups in total. The molecule has 17 heavy (non-hydrogen) atoms. The van der Waals surface area contributed by atoms with E-state index in [4.69, 9.17) is 0 Å². The summed E-state index contributed by atoms with van der Waals surface area (Å²) in [6, 6.07) is 10.3. The lowest BCUT2D eigenvalue weighted by Gasteiger charge is -2.29. The summed E-state index contributed by atoms with van der Waals surface area (Å²) in [5, 5.41) is 0. The molecule has 0 amide bonds. The Labute approximate surface area is 104 Å². The summed E-state index contributed by atoms with van der Waals surface area (Å²) in [5.41, 5.74) is 4.41. The van der Waals surface area contributed by atoms with Crippen molar-refractivity contribution in [2.75, 3.05) is 6.54 Å². The number of benzene rings is 1. The summed E-state index contributed by atoms with van der Waals surface area (Å²) >= 11 is 0. The zero-order valence-electron chi connectivity index (χ0n) is 11.0. The molecule has 1 aromatic carbocycles. The Bertz CT molecular complexity index is 458. The maximum atomic E-state index is 2.63. The van der Waals surface area contributed by atoms with E-state index < -0.39 is 0 Å². The van der Waals surface area contributed by atoms with Crippen LogP contribution in [0.15, 0.2) is 30.3 Å². The van der Waals surface area contributed by atoms with Gasteiger partial charge >= 0.3 is 0 Å². The van der Waals surface area contributed by atoms with Crippen molar-refractivity contribution in [2.24, 2.45) is 5.92 Å². The van der Waals surface area contributed by atoms with Crippen molar-refractivity contribution in [1.29, 1.82) is 0 Å². The largest absolute Gasteiger partial charge is 0.294 e. The Balaban J connectivity index is 1.89. The summed E-state index contributed by atoms with van der Waals surface area (Å²) in [6.45, 7) is 8.04. The van der Waals surface area contributed by atoms with E-state index >= 15 is 0 Å². The highest BCUT2D eigenvalue weighted by Gasteiger charge is 2.39. The summed E-state index contributed by atoms with van der Waals surface area (Å²) < 4.78 is 0. The van der Waals surface area contributed by atoms with Crippen LogP contribution in [-0.4, -0.2) is 23.5 Å². The minimum absolute atomic E-state index is 0.681. The van der Waals surface area contributed by atoms with Crippen LogP contribution >= 0.6 is 0 Å². The van der Waals surface area contributed by atoms with Crippen LogP contribution in [-0.2, 0) is 0 Å². The van der Waals surface area contributed by atoms with Crippen LogP contribution in [0.4, 0.5) is 0 Å². The van der Waals surface area contributed by atoms with Crippen LogP contribution in [0.5, 0.6) is 0 Å². The Kier molecular flexibility index (Phi) is 2.59. The normalized spacial score (nSPS) is 27.9. The average Bonchev–Trinajstić information content (AvgIpc) is 2.87. The molecule has 2 unspecified atom stereocenters. The first kappa shape index (κ1) is 11.0. The molecule has 90 valence electrons. The number of hydrogen-bond donors (Lipinski definition) is 0. The van der Waals surface area contributed by atoms with E-state index in [1.807, 2.05) is 0 Å².